The lowest BCUT2D eigenvalue weighted by molar-refractivity contribution is 0.0966. The van der Waals surface area contributed by atoms with Crippen molar-refractivity contribution in [1.29, 1.82) is 0 Å². The highest BCUT2D eigenvalue weighted by Crippen LogP contribution is 2.27. The Morgan fingerprint density at radius 1 is 1.35 bits per heavy atom. The van der Waals surface area contributed by atoms with Gasteiger partial charge in [0.05, 0.1) is 5.69 Å². The predicted molar refractivity (Wildman–Crippen MR) is 65.6 cm³/mol. The number of carbonyl (C=O) groups excluding carboxylic acids is 1. The van der Waals surface area contributed by atoms with Crippen molar-refractivity contribution in [1.82, 2.24) is 10.3 Å². The van der Waals surface area contributed by atoms with E-state index in [1.165, 1.54) is 23.5 Å². The summed E-state index contributed by atoms with van der Waals surface area (Å²) in [6.45, 7) is 1.79. The van der Waals surface area contributed by atoms with Crippen molar-refractivity contribution < 1.29 is 9.18 Å². The standard InChI is InChI=1S/C12H11FN2OS/c1-7-10(11(16)14-2)17-12(15-7)8-3-5-9(13)6-4-8/h3-6H,1-2H3,(H,14,16). The van der Waals surface area contributed by atoms with Crippen molar-refractivity contribution in [2.75, 3.05) is 7.05 Å². The van der Waals surface area contributed by atoms with Gasteiger partial charge in [-0.25, -0.2) is 9.37 Å². The highest BCUT2D eigenvalue weighted by atomic mass is 32.1. The second kappa shape index (κ2) is 4.63. The minimum atomic E-state index is -0.284. The molecule has 1 amide bonds. The first-order chi connectivity index (χ1) is 8.11. The number of aromatic nitrogens is 1. The molecule has 1 N–H and O–H groups in total. The molecule has 17 heavy (non-hydrogen) atoms. The summed E-state index contributed by atoms with van der Waals surface area (Å²) in [5, 5.41) is 3.29. The number of rotatable bonds is 2. The van der Waals surface area contributed by atoms with Crippen LogP contribution >= 0.6 is 11.3 Å². The molecule has 5 heteroatoms. The zero-order valence-corrected chi connectivity index (χ0v) is 10.3. The van der Waals surface area contributed by atoms with Crippen LogP contribution in [0.1, 0.15) is 15.4 Å². The fourth-order valence-electron chi connectivity index (χ4n) is 1.44. The maximum absolute atomic E-state index is 12.8. The number of hydrogen-bond donors (Lipinski definition) is 1. The summed E-state index contributed by atoms with van der Waals surface area (Å²) in [6.07, 6.45) is 0. The van der Waals surface area contributed by atoms with Gasteiger partial charge in [0.25, 0.3) is 5.91 Å². The molecule has 0 fully saturated rings. The van der Waals surface area contributed by atoms with Crippen LogP contribution < -0.4 is 5.32 Å². The molecule has 0 saturated heterocycles. The van der Waals surface area contributed by atoms with Gasteiger partial charge in [-0.05, 0) is 31.2 Å². The van der Waals surface area contributed by atoms with E-state index in [2.05, 4.69) is 10.3 Å². The Kier molecular flexibility index (Phi) is 3.19. The number of nitrogens with one attached hydrogen (secondary N) is 1. The second-order valence-corrected chi connectivity index (χ2v) is 4.52. The molecule has 1 aromatic carbocycles. The second-order valence-electron chi connectivity index (χ2n) is 3.52. The maximum Gasteiger partial charge on any atom is 0.263 e. The molecule has 0 aliphatic carbocycles. The van der Waals surface area contributed by atoms with E-state index in [0.29, 0.717) is 10.6 Å². The van der Waals surface area contributed by atoms with E-state index in [1.807, 2.05) is 0 Å². The van der Waals surface area contributed by atoms with E-state index < -0.39 is 0 Å². The van der Waals surface area contributed by atoms with Gasteiger partial charge < -0.3 is 5.32 Å². The Hall–Kier alpha value is -1.75. The number of hydrogen-bond acceptors (Lipinski definition) is 3. The summed E-state index contributed by atoms with van der Waals surface area (Å²) < 4.78 is 12.8. The zero-order valence-electron chi connectivity index (χ0n) is 9.45. The Morgan fingerprint density at radius 2 is 2.00 bits per heavy atom. The van der Waals surface area contributed by atoms with E-state index >= 15 is 0 Å². The van der Waals surface area contributed by atoms with Crippen LogP contribution in [0, 0.1) is 12.7 Å². The SMILES string of the molecule is CNC(=O)c1sc(-c2ccc(F)cc2)nc1C. The largest absolute Gasteiger partial charge is 0.354 e. The minimum absolute atomic E-state index is 0.145. The van der Waals surface area contributed by atoms with Crippen LogP contribution in [0.3, 0.4) is 0 Å². The van der Waals surface area contributed by atoms with Crippen LogP contribution in [-0.2, 0) is 0 Å². The lowest BCUT2D eigenvalue weighted by Crippen LogP contribution is -2.17. The van der Waals surface area contributed by atoms with E-state index in [9.17, 15) is 9.18 Å². The fourth-order valence-corrected chi connectivity index (χ4v) is 2.45. The van der Waals surface area contributed by atoms with E-state index in [4.69, 9.17) is 0 Å². The number of halogens is 1. The molecule has 0 radical (unpaired) electrons. The highest BCUT2D eigenvalue weighted by Gasteiger charge is 2.14. The first-order valence-electron chi connectivity index (χ1n) is 5.07. The molecule has 2 rings (SSSR count). The molecule has 0 saturated carbocycles. The Labute approximate surface area is 102 Å². The van der Waals surface area contributed by atoms with Gasteiger partial charge in [0.1, 0.15) is 15.7 Å². The maximum atomic E-state index is 12.8. The van der Waals surface area contributed by atoms with Gasteiger partial charge in [-0.15, -0.1) is 11.3 Å². The van der Waals surface area contributed by atoms with Crippen LogP contribution in [0.4, 0.5) is 4.39 Å². The lowest BCUT2D eigenvalue weighted by Gasteiger charge is -1.95. The molecule has 0 spiro atoms. The van der Waals surface area contributed by atoms with E-state index in [1.54, 1.807) is 26.1 Å². The van der Waals surface area contributed by atoms with Crippen molar-refractivity contribution in [2.24, 2.45) is 0 Å². The molecule has 0 atom stereocenters. The van der Waals surface area contributed by atoms with Crippen molar-refractivity contribution in [3.8, 4) is 10.6 Å². The molecule has 0 bridgehead atoms. The highest BCUT2D eigenvalue weighted by molar-refractivity contribution is 7.17. The average Bonchev–Trinajstić information content (AvgIpc) is 2.71. The van der Waals surface area contributed by atoms with Crippen molar-refractivity contribution in [2.45, 2.75) is 6.92 Å². The van der Waals surface area contributed by atoms with Crippen LogP contribution in [0.2, 0.25) is 0 Å². The minimum Gasteiger partial charge on any atom is -0.354 e. The van der Waals surface area contributed by atoms with E-state index in [-0.39, 0.29) is 11.7 Å². The third kappa shape index (κ3) is 2.34. The summed E-state index contributed by atoms with van der Waals surface area (Å²) >= 11 is 1.31. The Morgan fingerprint density at radius 3 is 2.59 bits per heavy atom. The lowest BCUT2D eigenvalue weighted by atomic mass is 10.2. The third-order valence-corrected chi connectivity index (χ3v) is 3.53. The van der Waals surface area contributed by atoms with Gasteiger partial charge in [0.2, 0.25) is 0 Å². The first-order valence-corrected chi connectivity index (χ1v) is 5.89. The fraction of sp³-hybridized carbons (Fsp3) is 0.167. The summed E-state index contributed by atoms with van der Waals surface area (Å²) in [5.41, 5.74) is 1.50. The summed E-state index contributed by atoms with van der Waals surface area (Å²) in [6, 6.07) is 6.07. The number of nitrogens with zero attached hydrogens (tertiary/aromatic N) is 1. The van der Waals surface area contributed by atoms with Crippen molar-refractivity contribution in [3.63, 3.8) is 0 Å². The molecule has 3 nitrogen and oxygen atoms in total. The van der Waals surface area contributed by atoms with Crippen LogP contribution in [0.5, 0.6) is 0 Å². The number of carbonyl (C=O) groups is 1. The predicted octanol–water partition coefficient (Wildman–Crippen LogP) is 2.62. The van der Waals surface area contributed by atoms with Gasteiger partial charge in [-0.2, -0.15) is 0 Å². The van der Waals surface area contributed by atoms with Gasteiger partial charge in [0.15, 0.2) is 0 Å². The summed E-state index contributed by atoms with van der Waals surface area (Å²) in [5.74, 6) is -0.429. The molecule has 88 valence electrons. The van der Waals surface area contributed by atoms with Crippen molar-refractivity contribution >= 4 is 17.2 Å². The molecule has 0 aliphatic heterocycles. The average molecular weight is 250 g/mol. The first kappa shape index (κ1) is 11.7. The monoisotopic (exact) mass is 250 g/mol. The van der Waals surface area contributed by atoms with Crippen LogP contribution in [-0.4, -0.2) is 17.9 Å². The number of benzene rings is 1. The molecule has 1 heterocycles. The molecular formula is C12H11FN2OS. The third-order valence-electron chi connectivity index (χ3n) is 2.32. The van der Waals surface area contributed by atoms with Gasteiger partial charge in [-0.3, -0.25) is 4.79 Å². The summed E-state index contributed by atoms with van der Waals surface area (Å²) in [4.78, 5) is 16.4. The molecule has 0 unspecified atom stereocenters. The van der Waals surface area contributed by atoms with E-state index in [0.717, 1.165) is 10.6 Å². The quantitative estimate of drug-likeness (QED) is 0.890. The zero-order chi connectivity index (χ0) is 12.4. The molecule has 1 aromatic heterocycles. The topological polar surface area (TPSA) is 42.0 Å². The Bertz CT molecular complexity index is 548. The van der Waals surface area contributed by atoms with Crippen LogP contribution in [0.25, 0.3) is 10.6 Å². The number of amides is 1. The normalized spacial score (nSPS) is 10.3. The van der Waals surface area contributed by atoms with Gasteiger partial charge in [-0.1, -0.05) is 0 Å². The van der Waals surface area contributed by atoms with Crippen LogP contribution in [0.15, 0.2) is 24.3 Å². The molecule has 0 aliphatic rings. The van der Waals surface area contributed by atoms with Gasteiger partial charge in [0, 0.05) is 12.6 Å². The molecular weight excluding hydrogens is 239 g/mol. The number of thiazole rings is 1. The molecule has 2 aromatic rings. The van der Waals surface area contributed by atoms with Crippen molar-refractivity contribution in [3.05, 3.63) is 40.7 Å². The summed E-state index contributed by atoms with van der Waals surface area (Å²) in [7, 11) is 1.58. The Balaban J connectivity index is 2.41. The smallest absolute Gasteiger partial charge is 0.263 e. The van der Waals surface area contributed by atoms with Gasteiger partial charge >= 0.3 is 0 Å². The number of aryl methyl sites for hydroxylation is 1.